The summed E-state index contributed by atoms with van der Waals surface area (Å²) in [4.78, 5) is 18.7. The van der Waals surface area contributed by atoms with E-state index in [2.05, 4.69) is 53.7 Å². The summed E-state index contributed by atoms with van der Waals surface area (Å²) in [6, 6.07) is 10.4. The van der Waals surface area contributed by atoms with E-state index in [1.54, 1.807) is 0 Å². The Kier molecular flexibility index (Phi) is 7.29. The van der Waals surface area contributed by atoms with Gasteiger partial charge >= 0.3 is 0 Å². The first-order valence-corrected chi connectivity index (χ1v) is 9.38. The van der Waals surface area contributed by atoms with Gasteiger partial charge in [0.2, 0.25) is 5.91 Å². The number of carbonyl (C=O) groups is 1. The molecule has 0 aliphatic carbocycles. The summed E-state index contributed by atoms with van der Waals surface area (Å²) in [7, 11) is 0. The van der Waals surface area contributed by atoms with Gasteiger partial charge in [0.1, 0.15) is 6.54 Å². The molecule has 138 valence electrons. The zero-order chi connectivity index (χ0) is 18.1. The summed E-state index contributed by atoms with van der Waals surface area (Å²) in [6.45, 7) is 9.93. The van der Waals surface area contributed by atoms with E-state index < -0.39 is 0 Å². The number of carbonyl (C=O) groups excluding carboxylic acids is 1. The van der Waals surface area contributed by atoms with Crippen LogP contribution in [-0.2, 0) is 10.2 Å². The number of likely N-dealkylation sites (tertiary alicyclic amines) is 1. The molecule has 0 unspecified atom stereocenters. The van der Waals surface area contributed by atoms with E-state index in [4.69, 9.17) is 0 Å². The number of hydrogen-bond donors (Lipinski definition) is 2. The number of benzene rings is 1. The monoisotopic (exact) mass is 344 g/mol. The van der Waals surface area contributed by atoms with Crippen molar-refractivity contribution in [1.29, 1.82) is 0 Å². The molecular weight excluding hydrogens is 312 g/mol. The van der Waals surface area contributed by atoms with Crippen molar-refractivity contribution in [2.24, 2.45) is 4.99 Å². The van der Waals surface area contributed by atoms with Crippen molar-refractivity contribution in [3.8, 4) is 0 Å². The molecule has 2 N–H and O–H groups in total. The average Bonchev–Trinajstić information content (AvgIpc) is 2.65. The molecule has 0 aromatic heterocycles. The van der Waals surface area contributed by atoms with Gasteiger partial charge in [-0.3, -0.25) is 4.79 Å². The van der Waals surface area contributed by atoms with Gasteiger partial charge in [-0.25, -0.2) is 4.99 Å². The molecule has 1 aliphatic heterocycles. The number of hydrogen-bond acceptors (Lipinski definition) is 2. The van der Waals surface area contributed by atoms with Crippen molar-refractivity contribution in [2.45, 2.75) is 45.4 Å². The first-order chi connectivity index (χ1) is 12.0. The lowest BCUT2D eigenvalue weighted by atomic mass is 9.85. The zero-order valence-corrected chi connectivity index (χ0v) is 15.8. The lowest BCUT2D eigenvalue weighted by molar-refractivity contribution is -0.130. The maximum absolute atomic E-state index is 12.3. The maximum Gasteiger partial charge on any atom is 0.244 e. The molecule has 0 spiro atoms. The standard InChI is InChI=1S/C20H32N4O/c1-4-21-19(22-15-18(25)24-13-9-6-10-14-24)23-16-20(2,3)17-11-7-5-8-12-17/h5,7-8,11-12H,4,6,9-10,13-16H2,1-3H3,(H2,21,22,23). The highest BCUT2D eigenvalue weighted by Gasteiger charge is 2.21. The van der Waals surface area contributed by atoms with E-state index >= 15 is 0 Å². The second-order valence-corrected chi connectivity index (χ2v) is 7.24. The van der Waals surface area contributed by atoms with Gasteiger partial charge in [0.15, 0.2) is 5.96 Å². The first kappa shape index (κ1) is 19.3. The van der Waals surface area contributed by atoms with Gasteiger partial charge in [-0.2, -0.15) is 0 Å². The molecule has 1 fully saturated rings. The zero-order valence-electron chi connectivity index (χ0n) is 15.8. The van der Waals surface area contributed by atoms with Gasteiger partial charge in [-0.05, 0) is 31.7 Å². The fraction of sp³-hybridized carbons (Fsp3) is 0.600. The molecular formula is C20H32N4O. The molecule has 25 heavy (non-hydrogen) atoms. The van der Waals surface area contributed by atoms with Crippen LogP contribution in [0.5, 0.6) is 0 Å². The topological polar surface area (TPSA) is 56.7 Å². The van der Waals surface area contributed by atoms with E-state index in [0.717, 1.165) is 39.0 Å². The van der Waals surface area contributed by atoms with Gasteiger partial charge in [0.25, 0.3) is 0 Å². The van der Waals surface area contributed by atoms with Crippen LogP contribution in [0.25, 0.3) is 0 Å². The molecule has 0 radical (unpaired) electrons. The number of nitrogens with one attached hydrogen (secondary N) is 2. The molecule has 1 saturated heterocycles. The smallest absolute Gasteiger partial charge is 0.244 e. The molecule has 0 bridgehead atoms. The van der Waals surface area contributed by atoms with Crippen molar-refractivity contribution in [1.82, 2.24) is 15.5 Å². The molecule has 1 amide bonds. The van der Waals surface area contributed by atoms with Crippen LogP contribution >= 0.6 is 0 Å². The quantitative estimate of drug-likeness (QED) is 0.616. The van der Waals surface area contributed by atoms with Crippen LogP contribution < -0.4 is 10.6 Å². The van der Waals surface area contributed by atoms with Crippen molar-refractivity contribution in [3.05, 3.63) is 35.9 Å². The van der Waals surface area contributed by atoms with E-state index in [9.17, 15) is 4.79 Å². The molecule has 5 heteroatoms. The lowest BCUT2D eigenvalue weighted by Crippen LogP contribution is -2.44. The molecule has 1 aliphatic rings. The van der Waals surface area contributed by atoms with Crippen LogP contribution in [-0.4, -0.2) is 49.5 Å². The molecule has 0 atom stereocenters. The summed E-state index contributed by atoms with van der Waals surface area (Å²) in [6.07, 6.45) is 3.45. The Bertz CT molecular complexity index is 562. The molecule has 0 saturated carbocycles. The summed E-state index contributed by atoms with van der Waals surface area (Å²) in [5.74, 6) is 0.830. The Hall–Kier alpha value is -2.04. The van der Waals surface area contributed by atoms with E-state index in [1.807, 2.05) is 17.9 Å². The van der Waals surface area contributed by atoms with Crippen molar-refractivity contribution in [3.63, 3.8) is 0 Å². The number of rotatable bonds is 6. The minimum atomic E-state index is -0.0195. The third-order valence-electron chi connectivity index (χ3n) is 4.68. The minimum Gasteiger partial charge on any atom is -0.357 e. The summed E-state index contributed by atoms with van der Waals surface area (Å²) in [5, 5.41) is 6.62. The fourth-order valence-corrected chi connectivity index (χ4v) is 3.03. The fourth-order valence-electron chi connectivity index (χ4n) is 3.03. The van der Waals surface area contributed by atoms with Crippen LogP contribution in [0.3, 0.4) is 0 Å². The Morgan fingerprint density at radius 3 is 2.44 bits per heavy atom. The van der Waals surface area contributed by atoms with Gasteiger partial charge in [-0.1, -0.05) is 44.2 Å². The highest BCUT2D eigenvalue weighted by Crippen LogP contribution is 2.21. The van der Waals surface area contributed by atoms with Crippen molar-refractivity contribution < 1.29 is 4.79 Å². The first-order valence-electron chi connectivity index (χ1n) is 9.38. The number of aliphatic imine (C=N–C) groups is 1. The molecule has 1 heterocycles. The molecule has 1 aromatic carbocycles. The Morgan fingerprint density at radius 1 is 1.12 bits per heavy atom. The van der Waals surface area contributed by atoms with Gasteiger partial charge in [0, 0.05) is 31.6 Å². The van der Waals surface area contributed by atoms with E-state index in [0.29, 0.717) is 5.96 Å². The van der Waals surface area contributed by atoms with Crippen LogP contribution in [0.15, 0.2) is 35.3 Å². The minimum absolute atomic E-state index is 0.0195. The van der Waals surface area contributed by atoms with Gasteiger partial charge < -0.3 is 15.5 Å². The van der Waals surface area contributed by atoms with Crippen LogP contribution in [0, 0.1) is 0 Å². The third kappa shape index (κ3) is 6.07. The number of piperidine rings is 1. The molecule has 5 nitrogen and oxygen atoms in total. The van der Waals surface area contributed by atoms with Gasteiger partial charge in [0.05, 0.1) is 0 Å². The van der Waals surface area contributed by atoms with Crippen LogP contribution in [0.2, 0.25) is 0 Å². The highest BCUT2D eigenvalue weighted by atomic mass is 16.2. The third-order valence-corrected chi connectivity index (χ3v) is 4.68. The average molecular weight is 345 g/mol. The van der Waals surface area contributed by atoms with Crippen LogP contribution in [0.1, 0.15) is 45.6 Å². The predicted molar refractivity (Wildman–Crippen MR) is 104 cm³/mol. The Morgan fingerprint density at radius 2 is 1.80 bits per heavy atom. The van der Waals surface area contributed by atoms with E-state index in [1.165, 1.54) is 12.0 Å². The largest absolute Gasteiger partial charge is 0.357 e. The lowest BCUT2D eigenvalue weighted by Gasteiger charge is -2.27. The summed E-state index contributed by atoms with van der Waals surface area (Å²) in [5.41, 5.74) is 1.26. The van der Waals surface area contributed by atoms with Gasteiger partial charge in [-0.15, -0.1) is 0 Å². The molecule has 2 rings (SSSR count). The van der Waals surface area contributed by atoms with Crippen LogP contribution in [0.4, 0.5) is 0 Å². The highest BCUT2D eigenvalue weighted by molar-refractivity contribution is 5.85. The van der Waals surface area contributed by atoms with Crippen molar-refractivity contribution in [2.75, 3.05) is 32.7 Å². The second kappa shape index (κ2) is 9.44. The number of nitrogens with zero attached hydrogens (tertiary/aromatic N) is 2. The Balaban J connectivity index is 1.91. The number of amides is 1. The summed E-state index contributed by atoms with van der Waals surface area (Å²) < 4.78 is 0. The summed E-state index contributed by atoms with van der Waals surface area (Å²) >= 11 is 0. The number of guanidine groups is 1. The Labute approximate surface area is 151 Å². The SMILES string of the molecule is CCNC(=NCC(=O)N1CCCCC1)NCC(C)(C)c1ccccc1. The maximum atomic E-state index is 12.3. The van der Waals surface area contributed by atoms with Crippen molar-refractivity contribution >= 4 is 11.9 Å². The predicted octanol–water partition coefficient (Wildman–Crippen LogP) is 2.53. The van der Waals surface area contributed by atoms with E-state index in [-0.39, 0.29) is 17.9 Å². The molecule has 1 aromatic rings. The normalized spacial score (nSPS) is 15.8. The second-order valence-electron chi connectivity index (χ2n) is 7.24.